The third-order valence-electron chi connectivity index (χ3n) is 7.02. The van der Waals surface area contributed by atoms with Crippen molar-refractivity contribution in [1.82, 2.24) is 19.7 Å². The molecule has 2 aliphatic carbocycles. The number of carbonyl (C=O) groups is 1. The molecule has 180 valence electrons. The van der Waals surface area contributed by atoms with Crippen LogP contribution in [0.25, 0.3) is 17.3 Å². The lowest BCUT2D eigenvalue weighted by Gasteiger charge is -2.41. The highest BCUT2D eigenvalue weighted by molar-refractivity contribution is 7.99. The van der Waals surface area contributed by atoms with Crippen molar-refractivity contribution < 1.29 is 9.21 Å². The van der Waals surface area contributed by atoms with Gasteiger partial charge in [0.2, 0.25) is 11.7 Å². The molecule has 8 heteroatoms. The topological polar surface area (TPSA) is 64.2 Å². The van der Waals surface area contributed by atoms with E-state index in [0.29, 0.717) is 39.6 Å². The summed E-state index contributed by atoms with van der Waals surface area (Å²) in [6.45, 7) is 0. The predicted molar refractivity (Wildman–Crippen MR) is 135 cm³/mol. The Balaban J connectivity index is 1.40. The van der Waals surface area contributed by atoms with Crippen molar-refractivity contribution in [1.29, 1.82) is 0 Å². The Hall–Kier alpha value is -2.25. The number of carbonyl (C=O) groups excluding carboxylic acids is 1. The normalized spacial score (nSPS) is 17.7. The minimum absolute atomic E-state index is 0.219. The number of nitrogens with zero attached hydrogens (tertiary/aromatic N) is 4. The Morgan fingerprint density at radius 1 is 0.971 bits per heavy atom. The number of furan rings is 1. The van der Waals surface area contributed by atoms with E-state index in [1.165, 1.54) is 50.3 Å². The lowest BCUT2D eigenvalue weighted by Crippen LogP contribution is -2.49. The molecule has 2 fully saturated rings. The number of halogens is 1. The number of amides is 1. The summed E-state index contributed by atoms with van der Waals surface area (Å²) in [5.74, 6) is 1.74. The maximum absolute atomic E-state index is 13.7. The van der Waals surface area contributed by atoms with E-state index in [1.807, 2.05) is 41.0 Å². The molecule has 0 unspecified atom stereocenters. The molecule has 34 heavy (non-hydrogen) atoms. The van der Waals surface area contributed by atoms with Gasteiger partial charge in [0.15, 0.2) is 10.9 Å². The standard InChI is InChI=1S/C26H31ClN4O2S/c27-21-14-7-8-15-22(21)31-25(23-16-9-17-33-23)28-29-26(31)34-18-24(32)30(19-10-3-1-4-11-19)20-12-5-2-6-13-20/h7-9,14-17,19-20H,1-6,10-13,18H2. The first-order valence-corrected chi connectivity index (χ1v) is 13.8. The lowest BCUT2D eigenvalue weighted by molar-refractivity contribution is -0.135. The van der Waals surface area contributed by atoms with Gasteiger partial charge in [0.25, 0.3) is 0 Å². The zero-order chi connectivity index (χ0) is 23.3. The molecule has 0 N–H and O–H groups in total. The van der Waals surface area contributed by atoms with Gasteiger partial charge in [-0.05, 0) is 49.9 Å². The van der Waals surface area contributed by atoms with Gasteiger partial charge in [0.1, 0.15) is 0 Å². The smallest absolute Gasteiger partial charge is 0.233 e. The van der Waals surface area contributed by atoms with E-state index < -0.39 is 0 Å². The van der Waals surface area contributed by atoms with Crippen molar-refractivity contribution in [2.24, 2.45) is 0 Å². The molecule has 0 saturated heterocycles. The number of thioether (sulfide) groups is 1. The summed E-state index contributed by atoms with van der Waals surface area (Å²) in [4.78, 5) is 15.9. The molecule has 2 aliphatic rings. The number of benzene rings is 1. The minimum Gasteiger partial charge on any atom is -0.461 e. The summed E-state index contributed by atoms with van der Waals surface area (Å²) in [5, 5.41) is 10.1. The second kappa shape index (κ2) is 11.0. The summed E-state index contributed by atoms with van der Waals surface area (Å²) < 4.78 is 7.50. The van der Waals surface area contributed by atoms with Gasteiger partial charge in [-0.1, -0.05) is 74.0 Å². The highest BCUT2D eigenvalue weighted by atomic mass is 35.5. The second-order valence-corrected chi connectivity index (χ2v) is 10.6. The quantitative estimate of drug-likeness (QED) is 0.336. The first-order chi connectivity index (χ1) is 16.7. The molecular formula is C26H31ClN4O2S. The van der Waals surface area contributed by atoms with Crippen LogP contribution < -0.4 is 0 Å². The fourth-order valence-electron chi connectivity index (χ4n) is 5.40. The second-order valence-electron chi connectivity index (χ2n) is 9.24. The summed E-state index contributed by atoms with van der Waals surface area (Å²) in [6.07, 6.45) is 13.6. The maximum atomic E-state index is 13.7. The van der Waals surface area contributed by atoms with Gasteiger partial charge < -0.3 is 9.32 Å². The van der Waals surface area contributed by atoms with Crippen molar-refractivity contribution in [3.8, 4) is 17.3 Å². The van der Waals surface area contributed by atoms with Gasteiger partial charge in [0.05, 0.1) is 22.7 Å². The predicted octanol–water partition coefficient (Wildman–Crippen LogP) is 6.77. The maximum Gasteiger partial charge on any atom is 0.233 e. The third kappa shape index (κ3) is 5.05. The van der Waals surface area contributed by atoms with Gasteiger partial charge in [0, 0.05) is 12.1 Å². The van der Waals surface area contributed by atoms with E-state index in [9.17, 15) is 4.79 Å². The zero-order valence-corrected chi connectivity index (χ0v) is 20.9. The number of hydrogen-bond donors (Lipinski definition) is 0. The largest absolute Gasteiger partial charge is 0.461 e. The fraction of sp³-hybridized carbons (Fsp3) is 0.500. The molecule has 0 radical (unpaired) electrons. The van der Waals surface area contributed by atoms with Crippen LogP contribution in [0, 0.1) is 0 Å². The first-order valence-electron chi connectivity index (χ1n) is 12.4. The first kappa shape index (κ1) is 23.5. The molecule has 5 rings (SSSR count). The molecule has 0 spiro atoms. The Morgan fingerprint density at radius 2 is 1.65 bits per heavy atom. The van der Waals surface area contributed by atoms with Crippen molar-refractivity contribution in [2.45, 2.75) is 81.4 Å². The zero-order valence-electron chi connectivity index (χ0n) is 19.4. The van der Waals surface area contributed by atoms with Crippen molar-refractivity contribution >= 4 is 29.3 Å². The Labute approximate surface area is 210 Å². The van der Waals surface area contributed by atoms with Crippen molar-refractivity contribution in [3.63, 3.8) is 0 Å². The molecule has 1 aromatic carbocycles. The molecule has 2 heterocycles. The average Bonchev–Trinajstić information content (AvgIpc) is 3.55. The van der Waals surface area contributed by atoms with E-state index in [4.69, 9.17) is 16.0 Å². The van der Waals surface area contributed by atoms with Gasteiger partial charge in [-0.15, -0.1) is 10.2 Å². The van der Waals surface area contributed by atoms with E-state index >= 15 is 0 Å². The molecule has 0 atom stereocenters. The molecule has 0 bridgehead atoms. The van der Waals surface area contributed by atoms with Crippen molar-refractivity contribution in [2.75, 3.05) is 5.75 Å². The third-order valence-corrected chi connectivity index (χ3v) is 8.25. The average molecular weight is 499 g/mol. The lowest BCUT2D eigenvalue weighted by atomic mass is 9.88. The van der Waals surface area contributed by atoms with Crippen LogP contribution in [0.1, 0.15) is 64.2 Å². The monoisotopic (exact) mass is 498 g/mol. The molecule has 3 aromatic rings. The summed E-state index contributed by atoms with van der Waals surface area (Å²) in [7, 11) is 0. The van der Waals surface area contributed by atoms with Gasteiger partial charge >= 0.3 is 0 Å². The van der Waals surface area contributed by atoms with Gasteiger partial charge in [-0.2, -0.15) is 0 Å². The Bertz CT molecular complexity index is 1070. The van der Waals surface area contributed by atoms with E-state index in [0.717, 1.165) is 31.4 Å². The number of aromatic nitrogens is 3. The van der Waals surface area contributed by atoms with Crippen LogP contribution >= 0.6 is 23.4 Å². The Kier molecular flexibility index (Phi) is 7.60. The molecule has 0 aliphatic heterocycles. The van der Waals surface area contributed by atoms with Gasteiger partial charge in [-0.3, -0.25) is 9.36 Å². The van der Waals surface area contributed by atoms with E-state index in [1.54, 1.807) is 6.26 Å². The highest BCUT2D eigenvalue weighted by Gasteiger charge is 2.32. The highest BCUT2D eigenvalue weighted by Crippen LogP contribution is 2.34. The Morgan fingerprint density at radius 3 is 2.26 bits per heavy atom. The summed E-state index contributed by atoms with van der Waals surface area (Å²) in [5.41, 5.74) is 0.770. The van der Waals surface area contributed by atoms with Gasteiger partial charge in [-0.25, -0.2) is 0 Å². The SMILES string of the molecule is O=C(CSc1nnc(-c2ccco2)n1-c1ccccc1Cl)N(C1CCCCC1)C1CCCCC1. The molecule has 2 saturated carbocycles. The molecule has 2 aromatic heterocycles. The van der Waals surface area contributed by atoms with Crippen LogP contribution in [-0.2, 0) is 4.79 Å². The van der Waals surface area contributed by atoms with Crippen LogP contribution in [0.3, 0.4) is 0 Å². The summed E-state index contributed by atoms with van der Waals surface area (Å²) >= 11 is 7.98. The van der Waals surface area contributed by atoms with Crippen molar-refractivity contribution in [3.05, 3.63) is 47.7 Å². The van der Waals surface area contributed by atoms with Crippen LogP contribution in [0.2, 0.25) is 5.02 Å². The number of rotatable bonds is 7. The fourth-order valence-corrected chi connectivity index (χ4v) is 6.44. The van der Waals surface area contributed by atoms with Crippen LogP contribution in [0.15, 0.2) is 52.2 Å². The number of hydrogen-bond acceptors (Lipinski definition) is 5. The van der Waals surface area contributed by atoms with E-state index in [2.05, 4.69) is 15.1 Å². The minimum atomic E-state index is 0.219. The van der Waals surface area contributed by atoms with Crippen LogP contribution in [-0.4, -0.2) is 43.4 Å². The molecule has 1 amide bonds. The van der Waals surface area contributed by atoms with Crippen LogP contribution in [0.5, 0.6) is 0 Å². The molecule has 6 nitrogen and oxygen atoms in total. The van der Waals surface area contributed by atoms with Crippen LogP contribution in [0.4, 0.5) is 0 Å². The van der Waals surface area contributed by atoms with E-state index in [-0.39, 0.29) is 5.91 Å². The summed E-state index contributed by atoms with van der Waals surface area (Å²) in [6, 6.07) is 12.0. The molecular weight excluding hydrogens is 468 g/mol. The number of para-hydroxylation sites is 1.